The van der Waals surface area contributed by atoms with Gasteiger partial charge in [-0.25, -0.2) is 0 Å². The first-order valence-electron chi connectivity index (χ1n) is 8.72. The number of rotatable bonds is 5. The maximum absolute atomic E-state index is 12.7. The van der Waals surface area contributed by atoms with Gasteiger partial charge >= 0.3 is 0 Å². The van der Waals surface area contributed by atoms with Crippen molar-refractivity contribution >= 4 is 10.1 Å². The third-order valence-electron chi connectivity index (χ3n) is 4.95. The van der Waals surface area contributed by atoms with Gasteiger partial charge in [0, 0.05) is 0 Å². The lowest BCUT2D eigenvalue weighted by Crippen LogP contribution is -2.44. The van der Waals surface area contributed by atoms with Gasteiger partial charge in [-0.1, -0.05) is 42.7 Å². The van der Waals surface area contributed by atoms with Crippen molar-refractivity contribution in [3.63, 3.8) is 0 Å². The Morgan fingerprint density at radius 1 is 1.04 bits per heavy atom. The Balaban J connectivity index is 1.89. The predicted molar refractivity (Wildman–Crippen MR) is 98.6 cm³/mol. The van der Waals surface area contributed by atoms with Gasteiger partial charge in [0.1, 0.15) is 17.5 Å². The summed E-state index contributed by atoms with van der Waals surface area (Å²) in [5, 5.41) is 11.3. The zero-order valence-corrected chi connectivity index (χ0v) is 15.8. The van der Waals surface area contributed by atoms with Crippen molar-refractivity contribution in [2.24, 2.45) is 0 Å². The van der Waals surface area contributed by atoms with E-state index in [1.807, 2.05) is 6.92 Å². The fourth-order valence-electron chi connectivity index (χ4n) is 3.37. The number of aliphatic hydroxyl groups is 1. The van der Waals surface area contributed by atoms with Crippen LogP contribution in [0.3, 0.4) is 0 Å². The van der Waals surface area contributed by atoms with E-state index in [0.29, 0.717) is 24.2 Å². The van der Waals surface area contributed by atoms with Crippen LogP contribution in [0.4, 0.5) is 0 Å². The van der Waals surface area contributed by atoms with Crippen molar-refractivity contribution < 1.29 is 22.4 Å². The average molecular weight is 376 g/mol. The van der Waals surface area contributed by atoms with Crippen molar-refractivity contribution in [1.29, 1.82) is 0 Å². The first-order valence-corrected chi connectivity index (χ1v) is 10.1. The largest absolute Gasteiger partial charge is 0.497 e. The van der Waals surface area contributed by atoms with E-state index >= 15 is 0 Å². The van der Waals surface area contributed by atoms with Crippen LogP contribution in [0.5, 0.6) is 5.75 Å². The minimum Gasteiger partial charge on any atom is -0.497 e. The molecule has 0 aromatic heterocycles. The van der Waals surface area contributed by atoms with Crippen LogP contribution in [0.15, 0.2) is 53.4 Å². The molecule has 3 rings (SSSR count). The number of benzene rings is 2. The third-order valence-corrected chi connectivity index (χ3v) is 6.28. The second-order valence-corrected chi connectivity index (χ2v) is 8.32. The molecule has 2 atom stereocenters. The zero-order valence-electron chi connectivity index (χ0n) is 15.0. The van der Waals surface area contributed by atoms with E-state index in [4.69, 9.17) is 8.92 Å². The highest BCUT2D eigenvalue weighted by Crippen LogP contribution is 2.40. The van der Waals surface area contributed by atoms with Crippen LogP contribution in [0.25, 0.3) is 0 Å². The summed E-state index contributed by atoms with van der Waals surface area (Å²) >= 11 is 0. The minimum absolute atomic E-state index is 0.103. The second kappa shape index (κ2) is 7.39. The van der Waals surface area contributed by atoms with Gasteiger partial charge in [0.05, 0.1) is 12.0 Å². The van der Waals surface area contributed by atoms with Crippen molar-refractivity contribution in [3.05, 3.63) is 59.7 Å². The van der Waals surface area contributed by atoms with E-state index in [1.165, 1.54) is 12.1 Å². The van der Waals surface area contributed by atoms with Gasteiger partial charge in [-0.2, -0.15) is 8.42 Å². The number of hydrogen-bond donors (Lipinski definition) is 1. The summed E-state index contributed by atoms with van der Waals surface area (Å²) in [5.41, 5.74) is 0.265. The van der Waals surface area contributed by atoms with Crippen LogP contribution in [-0.4, -0.2) is 26.7 Å². The van der Waals surface area contributed by atoms with E-state index in [9.17, 15) is 13.5 Å². The molecule has 5 nitrogen and oxygen atoms in total. The van der Waals surface area contributed by atoms with Gasteiger partial charge in [-0.3, -0.25) is 4.18 Å². The lowest BCUT2D eigenvalue weighted by Gasteiger charge is -2.39. The fourth-order valence-corrected chi connectivity index (χ4v) is 4.52. The molecule has 26 heavy (non-hydrogen) atoms. The van der Waals surface area contributed by atoms with Gasteiger partial charge in [0.2, 0.25) is 0 Å². The standard InChI is InChI=1S/C20H24O5S/c1-15-6-12-18(13-7-15)26(22,23)25-19-5-3-4-14-20(19,21)16-8-10-17(24-2)11-9-16/h6-13,19,21H,3-5,14H2,1-2H3/t19-,20-/m0/s1. The maximum Gasteiger partial charge on any atom is 0.297 e. The lowest BCUT2D eigenvalue weighted by molar-refractivity contribution is -0.0910. The van der Waals surface area contributed by atoms with E-state index in [0.717, 1.165) is 18.4 Å². The molecule has 0 saturated heterocycles. The van der Waals surface area contributed by atoms with Gasteiger partial charge in [0.25, 0.3) is 10.1 Å². The van der Waals surface area contributed by atoms with Gasteiger partial charge in [-0.05, 0) is 49.6 Å². The Kier molecular flexibility index (Phi) is 5.37. The molecule has 0 amide bonds. The number of ether oxygens (including phenoxy) is 1. The van der Waals surface area contributed by atoms with Crippen LogP contribution in [0.1, 0.15) is 36.8 Å². The van der Waals surface area contributed by atoms with Crippen molar-refractivity contribution in [2.45, 2.75) is 49.2 Å². The molecular formula is C20H24O5S. The molecule has 1 aliphatic carbocycles. The van der Waals surface area contributed by atoms with Crippen molar-refractivity contribution in [1.82, 2.24) is 0 Å². The van der Waals surface area contributed by atoms with Gasteiger partial charge < -0.3 is 9.84 Å². The average Bonchev–Trinajstić information content (AvgIpc) is 2.64. The molecule has 1 aliphatic rings. The SMILES string of the molecule is COc1ccc([C@@]2(O)CCCC[C@@H]2OS(=O)(=O)c2ccc(C)cc2)cc1. The lowest BCUT2D eigenvalue weighted by atomic mass is 9.77. The molecule has 2 aromatic carbocycles. The summed E-state index contributed by atoms with van der Waals surface area (Å²) in [7, 11) is -2.38. The molecule has 2 aromatic rings. The molecule has 1 fully saturated rings. The van der Waals surface area contributed by atoms with Crippen LogP contribution in [0, 0.1) is 6.92 Å². The zero-order chi connectivity index (χ0) is 18.8. The van der Waals surface area contributed by atoms with Crippen LogP contribution in [-0.2, 0) is 19.9 Å². The highest BCUT2D eigenvalue weighted by atomic mass is 32.2. The number of aryl methyl sites for hydroxylation is 1. The van der Waals surface area contributed by atoms with Crippen LogP contribution in [0.2, 0.25) is 0 Å². The Morgan fingerprint density at radius 2 is 1.69 bits per heavy atom. The predicted octanol–water partition coefficient (Wildman–Crippen LogP) is 3.54. The van der Waals surface area contributed by atoms with Crippen molar-refractivity contribution in [2.75, 3.05) is 7.11 Å². The van der Waals surface area contributed by atoms with E-state index in [-0.39, 0.29) is 4.90 Å². The summed E-state index contributed by atoms with van der Waals surface area (Å²) in [5.74, 6) is 0.679. The molecule has 1 N–H and O–H groups in total. The highest BCUT2D eigenvalue weighted by molar-refractivity contribution is 7.86. The monoisotopic (exact) mass is 376 g/mol. The van der Waals surface area contributed by atoms with Crippen LogP contribution >= 0.6 is 0 Å². The number of methoxy groups -OCH3 is 1. The third kappa shape index (κ3) is 3.77. The minimum atomic E-state index is -3.95. The fraction of sp³-hybridized carbons (Fsp3) is 0.400. The molecule has 0 aliphatic heterocycles. The summed E-state index contributed by atoms with van der Waals surface area (Å²) in [6, 6.07) is 13.6. The van der Waals surface area contributed by atoms with Gasteiger partial charge in [-0.15, -0.1) is 0 Å². The topological polar surface area (TPSA) is 72.8 Å². The molecule has 140 valence electrons. The van der Waals surface area contributed by atoms with Crippen LogP contribution < -0.4 is 4.74 Å². The number of hydrogen-bond acceptors (Lipinski definition) is 5. The Labute approximate surface area is 154 Å². The quantitative estimate of drug-likeness (QED) is 0.808. The second-order valence-electron chi connectivity index (χ2n) is 6.75. The molecular weight excluding hydrogens is 352 g/mol. The Bertz CT molecular complexity index is 843. The smallest absolute Gasteiger partial charge is 0.297 e. The molecule has 0 spiro atoms. The summed E-state index contributed by atoms with van der Waals surface area (Å²) < 4.78 is 36.0. The summed E-state index contributed by atoms with van der Waals surface area (Å²) in [6.45, 7) is 1.89. The molecule has 0 bridgehead atoms. The molecule has 0 radical (unpaired) electrons. The normalized spacial score (nSPS) is 23.6. The first kappa shape index (κ1) is 18.9. The van der Waals surface area contributed by atoms with E-state index in [1.54, 1.807) is 43.5 Å². The summed E-state index contributed by atoms with van der Waals surface area (Å²) in [6.07, 6.45) is 1.73. The molecule has 0 heterocycles. The molecule has 0 unspecified atom stereocenters. The molecule has 6 heteroatoms. The molecule has 1 saturated carbocycles. The van der Waals surface area contributed by atoms with E-state index in [2.05, 4.69) is 0 Å². The van der Waals surface area contributed by atoms with Crippen molar-refractivity contribution in [3.8, 4) is 5.75 Å². The first-order chi connectivity index (χ1) is 12.3. The Hall–Kier alpha value is -1.89. The Morgan fingerprint density at radius 3 is 2.31 bits per heavy atom. The summed E-state index contributed by atoms with van der Waals surface area (Å²) in [4.78, 5) is 0.103. The highest BCUT2D eigenvalue weighted by Gasteiger charge is 2.44. The maximum atomic E-state index is 12.7. The van der Waals surface area contributed by atoms with E-state index < -0.39 is 21.8 Å². The van der Waals surface area contributed by atoms with Gasteiger partial charge in [0.15, 0.2) is 0 Å².